The van der Waals surface area contributed by atoms with Crippen LogP contribution >= 0.6 is 0 Å². The van der Waals surface area contributed by atoms with Gasteiger partial charge in [0.1, 0.15) is 17.3 Å². The number of likely N-dealkylation sites (tertiary alicyclic amines) is 1. The third-order valence-electron chi connectivity index (χ3n) is 4.82. The topological polar surface area (TPSA) is 84.7 Å². The van der Waals surface area contributed by atoms with Gasteiger partial charge < -0.3 is 19.4 Å². The summed E-state index contributed by atoms with van der Waals surface area (Å²) in [6.07, 6.45) is 5.10. The Bertz CT molecular complexity index is 1000. The molecule has 1 aliphatic rings. The van der Waals surface area contributed by atoms with Gasteiger partial charge in [0.25, 0.3) is 0 Å². The van der Waals surface area contributed by atoms with Crippen molar-refractivity contribution >= 4 is 17.5 Å². The molecule has 1 aliphatic heterocycles. The van der Waals surface area contributed by atoms with E-state index in [1.54, 1.807) is 47.8 Å². The van der Waals surface area contributed by atoms with E-state index in [4.69, 9.17) is 9.15 Å². The maximum atomic E-state index is 12.6. The van der Waals surface area contributed by atoms with Crippen LogP contribution in [0.2, 0.25) is 0 Å². The number of aryl methyl sites for hydroxylation is 1. The van der Waals surface area contributed by atoms with Crippen LogP contribution in [0.5, 0.6) is 11.5 Å². The zero-order chi connectivity index (χ0) is 20.2. The lowest BCUT2D eigenvalue weighted by molar-refractivity contribution is -0.128. The molecule has 7 heteroatoms. The third-order valence-corrected chi connectivity index (χ3v) is 4.82. The highest BCUT2D eigenvalue weighted by Gasteiger charge is 2.34. The average molecular weight is 391 g/mol. The monoisotopic (exact) mass is 391 g/mol. The van der Waals surface area contributed by atoms with Crippen LogP contribution in [0, 0.1) is 12.8 Å². The maximum absolute atomic E-state index is 12.6. The molecular formula is C22H21N3O4. The van der Waals surface area contributed by atoms with E-state index in [-0.39, 0.29) is 24.2 Å². The first kappa shape index (κ1) is 18.7. The Hall–Kier alpha value is -3.61. The number of rotatable bonds is 6. The van der Waals surface area contributed by atoms with Gasteiger partial charge in [0.05, 0.1) is 24.9 Å². The molecule has 1 N–H and O–H groups in total. The Labute approximate surface area is 168 Å². The molecule has 0 aliphatic carbocycles. The van der Waals surface area contributed by atoms with Crippen molar-refractivity contribution in [2.45, 2.75) is 19.9 Å². The second-order valence-electron chi connectivity index (χ2n) is 7.01. The van der Waals surface area contributed by atoms with Crippen LogP contribution in [0.4, 0.5) is 5.69 Å². The number of hydrogen-bond donors (Lipinski definition) is 1. The van der Waals surface area contributed by atoms with Gasteiger partial charge in [0.15, 0.2) is 0 Å². The molecule has 0 bridgehead atoms. The molecule has 0 saturated carbocycles. The van der Waals surface area contributed by atoms with E-state index in [2.05, 4.69) is 10.3 Å². The Morgan fingerprint density at radius 2 is 2.21 bits per heavy atom. The molecule has 2 amide bonds. The zero-order valence-corrected chi connectivity index (χ0v) is 16.0. The smallest absolute Gasteiger partial charge is 0.229 e. The first-order valence-electron chi connectivity index (χ1n) is 9.38. The molecule has 7 nitrogen and oxygen atoms in total. The lowest BCUT2D eigenvalue weighted by Gasteiger charge is -2.15. The SMILES string of the molecule is Cc1cc(NC(=O)C2CC(=O)N(Cc3ccco3)C2)ccc1Oc1cccnc1. The predicted octanol–water partition coefficient (Wildman–Crippen LogP) is 3.76. The highest BCUT2D eigenvalue weighted by atomic mass is 16.5. The number of amides is 2. The van der Waals surface area contributed by atoms with Gasteiger partial charge in [-0.2, -0.15) is 0 Å². The predicted molar refractivity (Wildman–Crippen MR) is 106 cm³/mol. The fraction of sp³-hybridized carbons (Fsp3) is 0.227. The number of nitrogens with one attached hydrogen (secondary N) is 1. The van der Waals surface area contributed by atoms with E-state index in [1.165, 1.54) is 0 Å². The normalized spacial score (nSPS) is 16.1. The van der Waals surface area contributed by atoms with E-state index >= 15 is 0 Å². The number of carbonyl (C=O) groups is 2. The molecule has 3 heterocycles. The Morgan fingerprint density at radius 3 is 2.93 bits per heavy atom. The summed E-state index contributed by atoms with van der Waals surface area (Å²) in [5.41, 5.74) is 1.55. The number of anilines is 1. The highest BCUT2D eigenvalue weighted by Crippen LogP contribution is 2.28. The van der Waals surface area contributed by atoms with Gasteiger partial charge in [-0.05, 0) is 55.0 Å². The number of furan rings is 1. The largest absolute Gasteiger partial charge is 0.467 e. The first-order valence-corrected chi connectivity index (χ1v) is 9.38. The minimum atomic E-state index is -0.385. The summed E-state index contributed by atoms with van der Waals surface area (Å²) in [5.74, 6) is 1.45. The van der Waals surface area contributed by atoms with Gasteiger partial charge in [-0.25, -0.2) is 0 Å². The van der Waals surface area contributed by atoms with Gasteiger partial charge in [-0.3, -0.25) is 14.6 Å². The molecule has 148 valence electrons. The molecule has 1 aromatic carbocycles. The van der Waals surface area contributed by atoms with Crippen molar-refractivity contribution in [1.82, 2.24) is 9.88 Å². The molecular weight excluding hydrogens is 370 g/mol. The Kier molecular flexibility index (Phi) is 5.29. The van der Waals surface area contributed by atoms with Crippen LogP contribution in [0.3, 0.4) is 0 Å². The molecule has 4 rings (SSSR count). The lowest BCUT2D eigenvalue weighted by Crippen LogP contribution is -2.27. The van der Waals surface area contributed by atoms with Crippen molar-refractivity contribution in [3.63, 3.8) is 0 Å². The summed E-state index contributed by atoms with van der Waals surface area (Å²) < 4.78 is 11.1. The number of carbonyl (C=O) groups excluding carboxylic acids is 2. The van der Waals surface area contributed by atoms with Gasteiger partial charge in [-0.15, -0.1) is 0 Å². The van der Waals surface area contributed by atoms with Gasteiger partial charge >= 0.3 is 0 Å². The maximum Gasteiger partial charge on any atom is 0.229 e. The minimum Gasteiger partial charge on any atom is -0.467 e. The summed E-state index contributed by atoms with van der Waals surface area (Å²) in [6.45, 7) is 2.67. The number of ether oxygens (including phenoxy) is 1. The van der Waals surface area contributed by atoms with Crippen LogP contribution in [-0.2, 0) is 16.1 Å². The van der Waals surface area contributed by atoms with E-state index < -0.39 is 0 Å². The van der Waals surface area contributed by atoms with E-state index in [0.29, 0.717) is 36.0 Å². The molecule has 2 aromatic heterocycles. The van der Waals surface area contributed by atoms with Crippen LogP contribution in [0.15, 0.2) is 65.5 Å². The van der Waals surface area contributed by atoms with Crippen LogP contribution in [-0.4, -0.2) is 28.2 Å². The molecule has 1 fully saturated rings. The van der Waals surface area contributed by atoms with Crippen molar-refractivity contribution < 1.29 is 18.7 Å². The van der Waals surface area contributed by atoms with Crippen LogP contribution < -0.4 is 10.1 Å². The fourth-order valence-electron chi connectivity index (χ4n) is 3.31. The van der Waals surface area contributed by atoms with E-state index in [9.17, 15) is 9.59 Å². The quantitative estimate of drug-likeness (QED) is 0.692. The summed E-state index contributed by atoms with van der Waals surface area (Å²) in [5, 5.41) is 2.91. The number of pyridine rings is 1. The first-order chi connectivity index (χ1) is 14.1. The van der Waals surface area contributed by atoms with Gasteiger partial charge in [-0.1, -0.05) is 0 Å². The zero-order valence-electron chi connectivity index (χ0n) is 16.0. The Balaban J connectivity index is 1.37. The number of aromatic nitrogens is 1. The standard InChI is InChI=1S/C22H21N3O4/c1-15-10-17(6-7-20(15)29-18-4-2-8-23-12-18)24-22(27)16-11-21(26)25(13-16)14-19-5-3-9-28-19/h2-10,12,16H,11,13-14H2,1H3,(H,24,27). The second kappa shape index (κ2) is 8.18. The summed E-state index contributed by atoms with van der Waals surface area (Å²) in [6, 6.07) is 12.7. The lowest BCUT2D eigenvalue weighted by atomic mass is 10.1. The van der Waals surface area contributed by atoms with Crippen molar-refractivity contribution in [3.05, 3.63) is 72.4 Å². The fourth-order valence-corrected chi connectivity index (χ4v) is 3.31. The van der Waals surface area contributed by atoms with Gasteiger partial charge in [0, 0.05) is 24.8 Å². The summed E-state index contributed by atoms with van der Waals surface area (Å²) in [7, 11) is 0. The molecule has 0 radical (unpaired) electrons. The molecule has 29 heavy (non-hydrogen) atoms. The van der Waals surface area contributed by atoms with E-state index in [1.807, 2.05) is 25.1 Å². The molecule has 1 atom stereocenters. The average Bonchev–Trinajstić information content (AvgIpc) is 3.35. The number of benzene rings is 1. The van der Waals surface area contributed by atoms with Crippen LogP contribution in [0.1, 0.15) is 17.7 Å². The Morgan fingerprint density at radius 1 is 1.31 bits per heavy atom. The minimum absolute atomic E-state index is 0.0436. The summed E-state index contributed by atoms with van der Waals surface area (Å²) >= 11 is 0. The molecule has 0 spiro atoms. The molecule has 1 saturated heterocycles. The number of nitrogens with zero attached hydrogens (tertiary/aromatic N) is 2. The molecule has 3 aromatic rings. The van der Waals surface area contributed by atoms with Crippen molar-refractivity contribution in [2.24, 2.45) is 5.92 Å². The second-order valence-corrected chi connectivity index (χ2v) is 7.01. The van der Waals surface area contributed by atoms with Crippen molar-refractivity contribution in [2.75, 3.05) is 11.9 Å². The van der Waals surface area contributed by atoms with Gasteiger partial charge in [0.2, 0.25) is 11.8 Å². The molecule has 1 unspecified atom stereocenters. The van der Waals surface area contributed by atoms with Crippen molar-refractivity contribution in [1.29, 1.82) is 0 Å². The number of hydrogen-bond acceptors (Lipinski definition) is 5. The van der Waals surface area contributed by atoms with Crippen molar-refractivity contribution in [3.8, 4) is 11.5 Å². The summed E-state index contributed by atoms with van der Waals surface area (Å²) in [4.78, 5) is 30.5. The van der Waals surface area contributed by atoms with Crippen LogP contribution in [0.25, 0.3) is 0 Å². The third kappa shape index (κ3) is 4.45. The highest BCUT2D eigenvalue weighted by molar-refractivity contribution is 5.97. The van der Waals surface area contributed by atoms with E-state index in [0.717, 1.165) is 5.56 Å².